The number of nitrogens with one attached hydrogen (secondary N) is 1. The Hall–Kier alpha value is -1.55. The van der Waals surface area contributed by atoms with Gasteiger partial charge in [0.25, 0.3) is 0 Å². The Balaban J connectivity index is 2.61. The lowest BCUT2D eigenvalue weighted by atomic mass is 10.0. The molecule has 0 heterocycles. The van der Waals surface area contributed by atoms with Crippen molar-refractivity contribution in [2.45, 2.75) is 33.2 Å². The summed E-state index contributed by atoms with van der Waals surface area (Å²) in [5.41, 5.74) is 8.90. The van der Waals surface area contributed by atoms with Gasteiger partial charge in [-0.05, 0) is 43.9 Å². The largest absolute Gasteiger partial charge is 0.496 e. The normalized spacial score (nSPS) is 12.1. The summed E-state index contributed by atoms with van der Waals surface area (Å²) in [5.74, 6) is 0.815. The molecule has 0 spiro atoms. The summed E-state index contributed by atoms with van der Waals surface area (Å²) in [6.45, 7) is 6.33. The number of methoxy groups -OCH3 is 1. The standard InChI is InChI=1S/C14H22N2O2/c1-9-7-12(8-10(2)13(9)18-4)5-6-16-14(17)11(3)15/h7-8,11H,5-6,15H2,1-4H3,(H,16,17). The topological polar surface area (TPSA) is 64.3 Å². The van der Waals surface area contributed by atoms with E-state index in [0.29, 0.717) is 6.54 Å². The maximum atomic E-state index is 11.3. The highest BCUT2D eigenvalue weighted by Crippen LogP contribution is 2.24. The molecule has 0 saturated carbocycles. The van der Waals surface area contributed by atoms with Gasteiger partial charge in [-0.2, -0.15) is 0 Å². The molecule has 0 aliphatic rings. The Labute approximate surface area is 109 Å². The van der Waals surface area contributed by atoms with Crippen molar-refractivity contribution in [2.24, 2.45) is 5.73 Å². The molecule has 1 unspecified atom stereocenters. The number of rotatable bonds is 5. The minimum Gasteiger partial charge on any atom is -0.496 e. The highest BCUT2D eigenvalue weighted by Gasteiger charge is 2.07. The fraction of sp³-hybridized carbons (Fsp3) is 0.500. The summed E-state index contributed by atoms with van der Waals surface area (Å²) in [4.78, 5) is 11.3. The molecule has 0 aliphatic heterocycles. The Morgan fingerprint density at radius 1 is 1.39 bits per heavy atom. The van der Waals surface area contributed by atoms with Crippen molar-refractivity contribution >= 4 is 5.91 Å². The van der Waals surface area contributed by atoms with Crippen LogP contribution in [-0.2, 0) is 11.2 Å². The summed E-state index contributed by atoms with van der Waals surface area (Å²) in [6.07, 6.45) is 0.796. The first-order chi connectivity index (χ1) is 8.45. The number of hydrogen-bond donors (Lipinski definition) is 2. The molecule has 3 N–H and O–H groups in total. The second-order valence-electron chi connectivity index (χ2n) is 4.59. The average Bonchev–Trinajstić information content (AvgIpc) is 2.28. The molecule has 0 aliphatic carbocycles. The number of nitrogens with two attached hydrogens (primary N) is 1. The van der Waals surface area contributed by atoms with E-state index < -0.39 is 6.04 Å². The van der Waals surface area contributed by atoms with Gasteiger partial charge in [0.05, 0.1) is 13.2 Å². The highest BCUT2D eigenvalue weighted by atomic mass is 16.5. The first-order valence-electron chi connectivity index (χ1n) is 6.13. The molecule has 0 saturated heterocycles. The molecule has 100 valence electrons. The second kappa shape index (κ2) is 6.40. The van der Waals surface area contributed by atoms with Gasteiger partial charge in [-0.3, -0.25) is 4.79 Å². The molecule has 1 aromatic carbocycles. The van der Waals surface area contributed by atoms with Crippen molar-refractivity contribution in [3.05, 3.63) is 28.8 Å². The number of carbonyl (C=O) groups is 1. The van der Waals surface area contributed by atoms with E-state index in [0.717, 1.165) is 23.3 Å². The maximum Gasteiger partial charge on any atom is 0.236 e. The van der Waals surface area contributed by atoms with E-state index in [1.807, 2.05) is 13.8 Å². The van der Waals surface area contributed by atoms with Crippen molar-refractivity contribution < 1.29 is 9.53 Å². The maximum absolute atomic E-state index is 11.3. The van der Waals surface area contributed by atoms with Gasteiger partial charge in [0.1, 0.15) is 5.75 Å². The van der Waals surface area contributed by atoms with Crippen LogP contribution in [0.4, 0.5) is 0 Å². The minimum atomic E-state index is -0.454. The fourth-order valence-corrected chi connectivity index (χ4v) is 2.00. The van der Waals surface area contributed by atoms with Gasteiger partial charge in [0.2, 0.25) is 5.91 Å². The van der Waals surface area contributed by atoms with Crippen LogP contribution in [0.2, 0.25) is 0 Å². The van der Waals surface area contributed by atoms with Crippen LogP contribution in [0.25, 0.3) is 0 Å². The summed E-state index contributed by atoms with van der Waals surface area (Å²) in [5, 5.41) is 2.80. The number of amides is 1. The predicted octanol–water partition coefficient (Wildman–Crippen LogP) is 1.32. The van der Waals surface area contributed by atoms with E-state index in [-0.39, 0.29) is 5.91 Å². The number of hydrogen-bond acceptors (Lipinski definition) is 3. The Morgan fingerprint density at radius 2 is 1.94 bits per heavy atom. The van der Waals surface area contributed by atoms with Gasteiger partial charge in [-0.15, -0.1) is 0 Å². The van der Waals surface area contributed by atoms with Crippen LogP contribution >= 0.6 is 0 Å². The van der Waals surface area contributed by atoms with Gasteiger partial charge >= 0.3 is 0 Å². The molecule has 4 heteroatoms. The van der Waals surface area contributed by atoms with E-state index in [1.54, 1.807) is 14.0 Å². The molecule has 1 aromatic rings. The Bertz CT molecular complexity index is 405. The first-order valence-corrected chi connectivity index (χ1v) is 6.13. The lowest BCUT2D eigenvalue weighted by Crippen LogP contribution is -2.39. The molecule has 0 bridgehead atoms. The summed E-state index contributed by atoms with van der Waals surface area (Å²) in [7, 11) is 1.68. The Morgan fingerprint density at radius 3 is 2.39 bits per heavy atom. The Kier molecular flexibility index (Phi) is 5.16. The van der Waals surface area contributed by atoms with Crippen molar-refractivity contribution in [3.8, 4) is 5.75 Å². The van der Waals surface area contributed by atoms with Crippen molar-refractivity contribution in [2.75, 3.05) is 13.7 Å². The molecular formula is C14H22N2O2. The molecule has 0 radical (unpaired) electrons. The van der Waals surface area contributed by atoms with E-state index in [1.165, 1.54) is 5.56 Å². The molecule has 1 rings (SSSR count). The third-order valence-electron chi connectivity index (χ3n) is 2.85. The third kappa shape index (κ3) is 3.74. The molecular weight excluding hydrogens is 228 g/mol. The highest BCUT2D eigenvalue weighted by molar-refractivity contribution is 5.80. The quantitative estimate of drug-likeness (QED) is 0.828. The molecule has 0 aromatic heterocycles. The van der Waals surface area contributed by atoms with Crippen molar-refractivity contribution in [1.82, 2.24) is 5.32 Å². The molecule has 4 nitrogen and oxygen atoms in total. The number of benzene rings is 1. The smallest absolute Gasteiger partial charge is 0.236 e. The zero-order valence-corrected chi connectivity index (χ0v) is 11.5. The van der Waals surface area contributed by atoms with Crippen LogP contribution in [0.5, 0.6) is 5.75 Å². The van der Waals surface area contributed by atoms with Gasteiger partial charge in [-0.25, -0.2) is 0 Å². The predicted molar refractivity (Wildman–Crippen MR) is 72.8 cm³/mol. The third-order valence-corrected chi connectivity index (χ3v) is 2.85. The van der Waals surface area contributed by atoms with Crippen molar-refractivity contribution in [3.63, 3.8) is 0 Å². The SMILES string of the molecule is COc1c(C)cc(CCNC(=O)C(C)N)cc1C. The van der Waals surface area contributed by atoms with Crippen LogP contribution in [-0.4, -0.2) is 25.6 Å². The van der Waals surface area contributed by atoms with Gasteiger partial charge < -0.3 is 15.8 Å². The van der Waals surface area contributed by atoms with Crippen LogP contribution in [0.3, 0.4) is 0 Å². The van der Waals surface area contributed by atoms with E-state index in [4.69, 9.17) is 10.5 Å². The monoisotopic (exact) mass is 250 g/mol. The van der Waals surface area contributed by atoms with Crippen LogP contribution in [0.1, 0.15) is 23.6 Å². The van der Waals surface area contributed by atoms with Gasteiger partial charge in [0, 0.05) is 6.54 Å². The van der Waals surface area contributed by atoms with Gasteiger partial charge in [0.15, 0.2) is 0 Å². The lowest BCUT2D eigenvalue weighted by Gasteiger charge is -2.12. The molecule has 0 fully saturated rings. The first kappa shape index (κ1) is 14.5. The van der Waals surface area contributed by atoms with Gasteiger partial charge in [-0.1, -0.05) is 12.1 Å². The van der Waals surface area contributed by atoms with Crippen molar-refractivity contribution in [1.29, 1.82) is 0 Å². The van der Waals surface area contributed by atoms with E-state index in [9.17, 15) is 4.79 Å². The molecule has 1 atom stereocenters. The minimum absolute atomic E-state index is 0.114. The second-order valence-corrected chi connectivity index (χ2v) is 4.59. The number of ether oxygens (including phenoxy) is 1. The molecule has 1 amide bonds. The molecule has 18 heavy (non-hydrogen) atoms. The number of aryl methyl sites for hydroxylation is 2. The van der Waals surface area contributed by atoms with Crippen LogP contribution < -0.4 is 15.8 Å². The fourth-order valence-electron chi connectivity index (χ4n) is 2.00. The van der Waals surface area contributed by atoms with Crippen LogP contribution in [0, 0.1) is 13.8 Å². The summed E-state index contributed by atoms with van der Waals surface area (Å²) >= 11 is 0. The zero-order valence-electron chi connectivity index (χ0n) is 11.5. The van der Waals surface area contributed by atoms with E-state index in [2.05, 4.69) is 17.4 Å². The van der Waals surface area contributed by atoms with E-state index >= 15 is 0 Å². The summed E-state index contributed by atoms with van der Waals surface area (Å²) in [6, 6.07) is 3.72. The summed E-state index contributed by atoms with van der Waals surface area (Å²) < 4.78 is 5.32. The zero-order chi connectivity index (χ0) is 13.7. The average molecular weight is 250 g/mol. The number of carbonyl (C=O) groups excluding carboxylic acids is 1. The van der Waals surface area contributed by atoms with Crippen LogP contribution in [0.15, 0.2) is 12.1 Å². The lowest BCUT2D eigenvalue weighted by molar-refractivity contribution is -0.121.